The zero-order chi connectivity index (χ0) is 9.97. The summed E-state index contributed by atoms with van der Waals surface area (Å²) in [5, 5.41) is 10.9. The first-order valence-corrected chi connectivity index (χ1v) is 4.17. The number of imidazole rings is 1. The van der Waals surface area contributed by atoms with Gasteiger partial charge in [0.2, 0.25) is 0 Å². The fourth-order valence-electron chi connectivity index (χ4n) is 1.21. The van der Waals surface area contributed by atoms with Crippen LogP contribution in [0.15, 0.2) is 30.2 Å². The lowest BCUT2D eigenvalue weighted by atomic mass is 10.3. The predicted octanol–water partition coefficient (Wildman–Crippen LogP) is 0.868. The summed E-state index contributed by atoms with van der Waals surface area (Å²) in [5.74, 6) is 0.0992. The first kappa shape index (κ1) is 8.62. The smallest absolute Gasteiger partial charge is 0.132 e. The first-order chi connectivity index (χ1) is 6.79. The topological polar surface area (TPSA) is 61.0 Å². The van der Waals surface area contributed by atoms with Crippen molar-refractivity contribution in [2.75, 3.05) is 7.11 Å². The predicted molar refractivity (Wildman–Crippen MR) is 51.1 cm³/mol. The molecule has 0 aliphatic heterocycles. The molecule has 0 aliphatic rings. The van der Waals surface area contributed by atoms with Gasteiger partial charge in [-0.25, -0.2) is 4.98 Å². The van der Waals surface area contributed by atoms with Crippen molar-refractivity contribution >= 4 is 17.1 Å². The van der Waals surface area contributed by atoms with Crippen LogP contribution in [0, 0.1) is 0 Å². The van der Waals surface area contributed by atoms with E-state index in [4.69, 9.17) is 0 Å². The molecule has 0 spiro atoms. The van der Waals surface area contributed by atoms with Gasteiger partial charge in [0.15, 0.2) is 0 Å². The van der Waals surface area contributed by atoms with Crippen molar-refractivity contribution in [3.63, 3.8) is 0 Å². The molecule has 0 amide bonds. The third-order valence-electron chi connectivity index (χ3n) is 1.86. The summed E-state index contributed by atoms with van der Waals surface area (Å²) in [6.07, 6.45) is 1.32. The number of benzene rings is 1. The number of aromatic nitrogens is 2. The van der Waals surface area contributed by atoms with Crippen LogP contribution in [0.1, 0.15) is 5.82 Å². The van der Waals surface area contributed by atoms with Gasteiger partial charge in [0.1, 0.15) is 5.82 Å². The number of hydrogen-bond acceptors (Lipinski definition) is 3. The molecule has 0 saturated heterocycles. The number of methoxy groups -OCH3 is 1. The molecule has 1 N–H and O–H groups in total. The molecule has 4 heteroatoms. The standard InChI is InChI=1S/C10H10N2O2/c1-14-10(13)6-9-11-7-4-2-3-5-8(7)12-9/h2-6,13H,1H3,(H,11,12)/p-1/b10-6+. The van der Waals surface area contributed by atoms with E-state index >= 15 is 0 Å². The van der Waals surface area contributed by atoms with E-state index in [9.17, 15) is 5.11 Å². The van der Waals surface area contributed by atoms with Gasteiger partial charge in [0.05, 0.1) is 17.0 Å². The number of rotatable bonds is 2. The zero-order valence-electron chi connectivity index (χ0n) is 7.65. The van der Waals surface area contributed by atoms with E-state index in [1.165, 1.54) is 13.2 Å². The fraction of sp³-hybridized carbons (Fsp3) is 0.100. The highest BCUT2D eigenvalue weighted by Gasteiger charge is 1.97. The Labute approximate surface area is 80.9 Å². The number of nitrogens with one attached hydrogen (secondary N) is 1. The van der Waals surface area contributed by atoms with Gasteiger partial charge in [-0.1, -0.05) is 12.1 Å². The summed E-state index contributed by atoms with van der Waals surface area (Å²) in [6, 6.07) is 7.57. The quantitative estimate of drug-likeness (QED) is 0.713. The fourth-order valence-corrected chi connectivity index (χ4v) is 1.21. The maximum Gasteiger partial charge on any atom is 0.132 e. The van der Waals surface area contributed by atoms with Crippen molar-refractivity contribution in [2.24, 2.45) is 0 Å². The Bertz CT molecular complexity index is 441. The zero-order valence-corrected chi connectivity index (χ0v) is 7.65. The van der Waals surface area contributed by atoms with Crippen LogP contribution in [-0.2, 0) is 4.74 Å². The molecule has 1 aromatic carbocycles. The van der Waals surface area contributed by atoms with E-state index in [0.717, 1.165) is 11.0 Å². The summed E-state index contributed by atoms with van der Waals surface area (Å²) < 4.78 is 4.50. The van der Waals surface area contributed by atoms with Crippen LogP contribution in [-0.4, -0.2) is 17.1 Å². The van der Waals surface area contributed by atoms with Gasteiger partial charge < -0.3 is 14.8 Å². The second-order valence-electron chi connectivity index (χ2n) is 2.81. The molecular weight excluding hydrogens is 180 g/mol. The van der Waals surface area contributed by atoms with Gasteiger partial charge in [-0.2, -0.15) is 0 Å². The van der Waals surface area contributed by atoms with Crippen molar-refractivity contribution in [3.8, 4) is 0 Å². The van der Waals surface area contributed by atoms with Crippen LogP contribution in [0.2, 0.25) is 0 Å². The second kappa shape index (κ2) is 3.41. The van der Waals surface area contributed by atoms with E-state index in [2.05, 4.69) is 14.7 Å². The highest BCUT2D eigenvalue weighted by molar-refractivity contribution is 5.76. The molecule has 2 rings (SSSR count). The number of hydrogen-bond donors (Lipinski definition) is 1. The van der Waals surface area contributed by atoms with E-state index in [0.29, 0.717) is 5.82 Å². The number of fused-ring (bicyclic) bond motifs is 1. The lowest BCUT2D eigenvalue weighted by Crippen LogP contribution is -2.04. The van der Waals surface area contributed by atoms with Crippen molar-refractivity contribution in [2.45, 2.75) is 0 Å². The monoisotopic (exact) mass is 189 g/mol. The summed E-state index contributed by atoms with van der Waals surface area (Å²) >= 11 is 0. The minimum Gasteiger partial charge on any atom is -0.616 e. The number of aromatic amines is 1. The largest absolute Gasteiger partial charge is 0.616 e. The van der Waals surface area contributed by atoms with Crippen molar-refractivity contribution in [1.29, 1.82) is 0 Å². The van der Waals surface area contributed by atoms with Gasteiger partial charge in [-0.3, -0.25) is 0 Å². The van der Waals surface area contributed by atoms with E-state index in [1.807, 2.05) is 24.3 Å². The summed E-state index contributed by atoms with van der Waals surface area (Å²) in [6.45, 7) is 0. The maximum atomic E-state index is 10.9. The van der Waals surface area contributed by atoms with E-state index in [1.54, 1.807) is 0 Å². The molecule has 14 heavy (non-hydrogen) atoms. The SMILES string of the molecule is CO/C([O-])=C/c1nc2ccccc2[nH]1. The van der Waals surface area contributed by atoms with Crippen LogP contribution < -0.4 is 5.11 Å². The van der Waals surface area contributed by atoms with Crippen LogP contribution in [0.4, 0.5) is 0 Å². The van der Waals surface area contributed by atoms with Gasteiger partial charge in [0.25, 0.3) is 0 Å². The van der Waals surface area contributed by atoms with Crippen LogP contribution in [0.3, 0.4) is 0 Å². The first-order valence-electron chi connectivity index (χ1n) is 4.17. The molecule has 0 radical (unpaired) electrons. The molecule has 2 aromatic rings. The van der Waals surface area contributed by atoms with E-state index < -0.39 is 5.95 Å². The highest BCUT2D eigenvalue weighted by atomic mass is 16.6. The average Bonchev–Trinajstić information content (AvgIpc) is 2.59. The summed E-state index contributed by atoms with van der Waals surface area (Å²) in [7, 11) is 1.33. The Morgan fingerprint density at radius 2 is 2.29 bits per heavy atom. The minimum atomic E-state index is -0.413. The lowest BCUT2D eigenvalue weighted by molar-refractivity contribution is -0.350. The molecule has 0 bridgehead atoms. The van der Waals surface area contributed by atoms with Crippen LogP contribution in [0.5, 0.6) is 0 Å². The summed E-state index contributed by atoms with van der Waals surface area (Å²) in [5.41, 5.74) is 1.74. The molecular formula is C10H9N2O2-. The van der Waals surface area contributed by atoms with Crippen molar-refractivity contribution in [3.05, 3.63) is 36.0 Å². The molecule has 0 saturated carbocycles. The normalized spacial score (nSPS) is 11.9. The highest BCUT2D eigenvalue weighted by Crippen LogP contribution is 2.11. The lowest BCUT2D eigenvalue weighted by Gasteiger charge is -2.05. The van der Waals surface area contributed by atoms with Crippen LogP contribution >= 0.6 is 0 Å². The number of nitrogens with zero attached hydrogens (tertiary/aromatic N) is 1. The maximum absolute atomic E-state index is 10.9. The third-order valence-corrected chi connectivity index (χ3v) is 1.86. The second-order valence-corrected chi connectivity index (χ2v) is 2.81. The Morgan fingerprint density at radius 1 is 1.50 bits per heavy atom. The Hall–Kier alpha value is -1.97. The molecule has 0 unspecified atom stereocenters. The number of ether oxygens (including phenoxy) is 1. The average molecular weight is 189 g/mol. The van der Waals surface area contributed by atoms with Gasteiger partial charge in [-0.05, 0) is 19.2 Å². The minimum absolute atomic E-state index is 0.413. The third kappa shape index (κ3) is 1.54. The molecule has 1 heterocycles. The van der Waals surface area contributed by atoms with Gasteiger partial charge >= 0.3 is 0 Å². The van der Waals surface area contributed by atoms with E-state index in [-0.39, 0.29) is 0 Å². The summed E-state index contributed by atoms with van der Waals surface area (Å²) in [4.78, 5) is 7.18. The molecule has 0 aliphatic carbocycles. The Morgan fingerprint density at radius 3 is 3.00 bits per heavy atom. The number of para-hydroxylation sites is 2. The molecule has 1 aromatic heterocycles. The molecule has 0 fully saturated rings. The van der Waals surface area contributed by atoms with Gasteiger partial charge in [-0.15, -0.1) is 0 Å². The Kier molecular flexibility index (Phi) is 2.10. The molecule has 72 valence electrons. The number of H-pyrrole nitrogens is 1. The Balaban J connectivity index is 2.45. The van der Waals surface area contributed by atoms with Crippen LogP contribution in [0.25, 0.3) is 17.1 Å². The van der Waals surface area contributed by atoms with Crippen molar-refractivity contribution < 1.29 is 9.84 Å². The van der Waals surface area contributed by atoms with Gasteiger partial charge in [0, 0.05) is 6.08 Å². The molecule has 0 atom stereocenters. The van der Waals surface area contributed by atoms with Crippen molar-refractivity contribution in [1.82, 2.24) is 9.97 Å². The molecule has 4 nitrogen and oxygen atoms in total.